The van der Waals surface area contributed by atoms with Gasteiger partial charge in [0.2, 0.25) is 26.0 Å². The molecule has 2 aromatic rings. The molecule has 1 amide bonds. The summed E-state index contributed by atoms with van der Waals surface area (Å²) in [7, 11) is -6.13. The van der Waals surface area contributed by atoms with Crippen molar-refractivity contribution < 1.29 is 21.6 Å². The van der Waals surface area contributed by atoms with Crippen LogP contribution < -0.4 is 5.32 Å². The summed E-state index contributed by atoms with van der Waals surface area (Å²) < 4.78 is 52.9. The van der Waals surface area contributed by atoms with Crippen molar-refractivity contribution in [1.82, 2.24) is 8.61 Å². The van der Waals surface area contributed by atoms with Crippen molar-refractivity contribution in [3.63, 3.8) is 0 Å². The van der Waals surface area contributed by atoms with Gasteiger partial charge in [0, 0.05) is 31.2 Å². The molecule has 0 atom stereocenters. The highest BCUT2D eigenvalue weighted by molar-refractivity contribution is 7.92. The van der Waals surface area contributed by atoms with Gasteiger partial charge in [0.05, 0.1) is 11.4 Å². The Balaban J connectivity index is 1.64. The van der Waals surface area contributed by atoms with Crippen molar-refractivity contribution in [2.24, 2.45) is 0 Å². The minimum Gasteiger partial charge on any atom is -0.325 e. The second kappa shape index (κ2) is 10.4. The third-order valence-electron chi connectivity index (χ3n) is 5.10. The number of anilines is 1. The molecule has 1 saturated heterocycles. The van der Waals surface area contributed by atoms with Crippen LogP contribution in [-0.2, 0) is 24.8 Å². The first-order valence-electron chi connectivity index (χ1n) is 10.3. The number of carbonyl (C=O) groups excluding carboxylic acids is 1. The van der Waals surface area contributed by atoms with Crippen LogP contribution >= 0.6 is 0 Å². The Morgan fingerprint density at radius 1 is 1.00 bits per heavy atom. The standard InChI is InChI=1S/C22H27N3O5S2/c1-24(31(27,28)16-13-19-9-4-2-5-10-19)18-22(26)23-20-11-8-12-21(17-20)32(29,30)25-14-6-3-7-15-25/h2,4-5,8-13,16-17H,3,6-7,14-15,18H2,1H3,(H,23,26). The zero-order chi connectivity index (χ0) is 23.2. The Bertz CT molecular complexity index is 1170. The Morgan fingerprint density at radius 2 is 1.69 bits per heavy atom. The molecule has 1 aliphatic heterocycles. The molecule has 0 aliphatic carbocycles. The highest BCUT2D eigenvalue weighted by Crippen LogP contribution is 2.23. The summed E-state index contributed by atoms with van der Waals surface area (Å²) in [6, 6.07) is 15.0. The van der Waals surface area contributed by atoms with Crippen LogP contribution in [0.5, 0.6) is 0 Å². The first kappa shape index (κ1) is 24.1. The molecule has 0 aromatic heterocycles. The molecule has 0 unspecified atom stereocenters. The molecule has 1 fully saturated rings. The SMILES string of the molecule is CN(CC(=O)Nc1cccc(S(=O)(=O)N2CCCCC2)c1)S(=O)(=O)C=Cc1ccccc1. The fraction of sp³-hybridized carbons (Fsp3) is 0.318. The van der Waals surface area contributed by atoms with E-state index in [1.807, 2.05) is 6.07 Å². The number of amides is 1. The first-order valence-corrected chi connectivity index (χ1v) is 13.2. The zero-order valence-corrected chi connectivity index (χ0v) is 19.5. The zero-order valence-electron chi connectivity index (χ0n) is 17.8. The van der Waals surface area contributed by atoms with E-state index in [4.69, 9.17) is 0 Å². The van der Waals surface area contributed by atoms with Crippen molar-refractivity contribution in [2.75, 3.05) is 32.0 Å². The molecule has 32 heavy (non-hydrogen) atoms. The van der Waals surface area contributed by atoms with Crippen LogP contribution in [0.25, 0.3) is 6.08 Å². The summed E-state index contributed by atoms with van der Waals surface area (Å²) in [5.74, 6) is -0.572. The van der Waals surface area contributed by atoms with Gasteiger partial charge in [-0.25, -0.2) is 16.8 Å². The van der Waals surface area contributed by atoms with Crippen LogP contribution in [-0.4, -0.2) is 58.0 Å². The predicted molar refractivity (Wildman–Crippen MR) is 125 cm³/mol. The summed E-state index contributed by atoms with van der Waals surface area (Å²) >= 11 is 0. The molecule has 0 saturated carbocycles. The summed E-state index contributed by atoms with van der Waals surface area (Å²) in [6.45, 7) is 0.556. The molecular formula is C22H27N3O5S2. The minimum atomic E-state index is -3.80. The number of hydrogen-bond acceptors (Lipinski definition) is 5. The van der Waals surface area contributed by atoms with Gasteiger partial charge in [0.1, 0.15) is 0 Å². The van der Waals surface area contributed by atoms with Gasteiger partial charge in [-0.05, 0) is 42.7 Å². The van der Waals surface area contributed by atoms with Gasteiger partial charge >= 0.3 is 0 Å². The number of piperidine rings is 1. The summed E-state index contributed by atoms with van der Waals surface area (Å²) in [4.78, 5) is 12.5. The fourth-order valence-corrected chi connectivity index (χ4v) is 5.71. The number of nitrogens with zero attached hydrogens (tertiary/aromatic N) is 2. The monoisotopic (exact) mass is 477 g/mol. The van der Waals surface area contributed by atoms with Crippen LogP contribution in [0.1, 0.15) is 24.8 Å². The molecule has 10 heteroatoms. The third kappa shape index (κ3) is 6.26. The van der Waals surface area contributed by atoms with Crippen LogP contribution in [0.3, 0.4) is 0 Å². The van der Waals surface area contributed by atoms with Crippen LogP contribution in [0, 0.1) is 0 Å². The molecule has 0 spiro atoms. The van der Waals surface area contributed by atoms with Gasteiger partial charge in [0.15, 0.2) is 0 Å². The largest absolute Gasteiger partial charge is 0.325 e. The van der Waals surface area contributed by atoms with Gasteiger partial charge in [-0.3, -0.25) is 4.79 Å². The van der Waals surface area contributed by atoms with Crippen molar-refractivity contribution in [3.05, 3.63) is 65.6 Å². The molecular weight excluding hydrogens is 450 g/mol. The maximum Gasteiger partial charge on any atom is 0.243 e. The lowest BCUT2D eigenvalue weighted by Gasteiger charge is -2.26. The fourth-order valence-electron chi connectivity index (χ4n) is 3.31. The quantitative estimate of drug-likeness (QED) is 0.630. The molecule has 0 radical (unpaired) electrons. The van der Waals surface area contributed by atoms with E-state index in [-0.39, 0.29) is 4.90 Å². The number of sulfonamides is 2. The van der Waals surface area contributed by atoms with E-state index in [0.29, 0.717) is 18.8 Å². The van der Waals surface area contributed by atoms with E-state index in [0.717, 1.165) is 34.5 Å². The number of likely N-dealkylation sites (N-methyl/N-ethyl adjacent to an activating group) is 1. The Labute approximate surface area is 189 Å². The number of carbonyl (C=O) groups is 1. The van der Waals surface area contributed by atoms with Crippen molar-refractivity contribution in [1.29, 1.82) is 0 Å². The maximum atomic E-state index is 12.8. The molecule has 2 aromatic carbocycles. The average Bonchev–Trinajstić information content (AvgIpc) is 2.79. The molecule has 1 N–H and O–H groups in total. The first-order chi connectivity index (χ1) is 15.2. The van der Waals surface area contributed by atoms with Crippen LogP contribution in [0.2, 0.25) is 0 Å². The number of rotatable bonds is 8. The lowest BCUT2D eigenvalue weighted by molar-refractivity contribution is -0.116. The van der Waals surface area contributed by atoms with Crippen LogP contribution in [0.4, 0.5) is 5.69 Å². The van der Waals surface area contributed by atoms with Crippen molar-refractivity contribution in [2.45, 2.75) is 24.2 Å². The van der Waals surface area contributed by atoms with Gasteiger partial charge in [0.25, 0.3) is 0 Å². The predicted octanol–water partition coefficient (Wildman–Crippen LogP) is 2.73. The summed E-state index contributed by atoms with van der Waals surface area (Å²) in [6.07, 6.45) is 4.13. The topological polar surface area (TPSA) is 104 Å². The Hall–Kier alpha value is -2.53. The maximum absolute atomic E-state index is 12.8. The average molecular weight is 478 g/mol. The smallest absolute Gasteiger partial charge is 0.243 e. The van der Waals surface area contributed by atoms with E-state index >= 15 is 0 Å². The van der Waals surface area contributed by atoms with Gasteiger partial charge < -0.3 is 5.32 Å². The van der Waals surface area contributed by atoms with E-state index < -0.39 is 32.5 Å². The van der Waals surface area contributed by atoms with E-state index in [1.165, 1.54) is 29.6 Å². The highest BCUT2D eigenvalue weighted by Gasteiger charge is 2.26. The molecule has 1 aliphatic rings. The minimum absolute atomic E-state index is 0.101. The van der Waals surface area contributed by atoms with E-state index in [1.54, 1.807) is 36.4 Å². The normalized spacial score (nSPS) is 15.8. The lowest BCUT2D eigenvalue weighted by Crippen LogP contribution is -2.35. The number of hydrogen-bond donors (Lipinski definition) is 1. The Kier molecular flexibility index (Phi) is 7.83. The molecule has 0 bridgehead atoms. The third-order valence-corrected chi connectivity index (χ3v) is 8.48. The summed E-state index contributed by atoms with van der Waals surface area (Å²) in [5.41, 5.74) is 1.01. The van der Waals surface area contributed by atoms with Crippen molar-refractivity contribution in [3.8, 4) is 0 Å². The lowest BCUT2D eigenvalue weighted by atomic mass is 10.2. The van der Waals surface area contributed by atoms with E-state index in [2.05, 4.69) is 5.32 Å². The number of benzene rings is 2. The van der Waals surface area contributed by atoms with Gasteiger partial charge in [-0.1, -0.05) is 42.8 Å². The molecule has 3 rings (SSSR count). The van der Waals surface area contributed by atoms with Crippen LogP contribution in [0.15, 0.2) is 64.9 Å². The molecule has 172 valence electrons. The Morgan fingerprint density at radius 3 is 2.38 bits per heavy atom. The number of nitrogens with one attached hydrogen (secondary N) is 1. The second-order valence-electron chi connectivity index (χ2n) is 7.56. The van der Waals surface area contributed by atoms with Gasteiger partial charge in [-0.15, -0.1) is 0 Å². The van der Waals surface area contributed by atoms with E-state index in [9.17, 15) is 21.6 Å². The highest BCUT2D eigenvalue weighted by atomic mass is 32.2. The van der Waals surface area contributed by atoms with Crippen molar-refractivity contribution >= 4 is 37.7 Å². The summed E-state index contributed by atoms with van der Waals surface area (Å²) in [5, 5.41) is 3.63. The molecule has 1 heterocycles. The molecule has 8 nitrogen and oxygen atoms in total. The second-order valence-corrected chi connectivity index (χ2v) is 11.4. The van der Waals surface area contributed by atoms with Gasteiger partial charge in [-0.2, -0.15) is 8.61 Å².